The molecule has 0 bridgehead atoms. The molecule has 0 aromatic heterocycles. The second-order valence-corrected chi connectivity index (χ2v) is 20.8. The van der Waals surface area contributed by atoms with Gasteiger partial charge in [-0.15, -0.1) is 0 Å². The van der Waals surface area contributed by atoms with Crippen molar-refractivity contribution < 1.29 is 18.3 Å². The zero-order chi connectivity index (χ0) is 23.5. The second kappa shape index (κ2) is 16.3. The van der Waals surface area contributed by atoms with Crippen molar-refractivity contribution in [1.29, 1.82) is 0 Å². The van der Waals surface area contributed by atoms with Gasteiger partial charge >= 0.3 is 99.9 Å². The summed E-state index contributed by atoms with van der Waals surface area (Å²) in [4.78, 5) is 0. The van der Waals surface area contributed by atoms with Crippen LogP contribution < -0.4 is 0 Å². The predicted octanol–water partition coefficient (Wildman–Crippen LogP) is 9.41. The summed E-state index contributed by atoms with van der Waals surface area (Å²) in [5, 5.41) is 0. The first-order chi connectivity index (χ1) is 16.0. The van der Waals surface area contributed by atoms with Crippen LogP contribution in [0.25, 0.3) is 0 Å². The average Bonchev–Trinajstić information content (AvgIpc) is 2.83. The van der Waals surface area contributed by atoms with Gasteiger partial charge in [-0.2, -0.15) is 0 Å². The van der Waals surface area contributed by atoms with Gasteiger partial charge in [-0.1, -0.05) is 19.3 Å². The monoisotopic (exact) mass is 608 g/mol. The Labute approximate surface area is 220 Å². The van der Waals surface area contributed by atoms with Crippen LogP contribution in [-0.2, 0) is 13.5 Å². The van der Waals surface area contributed by atoms with Gasteiger partial charge in [0.05, 0.1) is 17.0 Å². The van der Waals surface area contributed by atoms with Crippen molar-refractivity contribution in [3.05, 3.63) is 0 Å². The molecule has 0 spiro atoms. The fourth-order valence-electron chi connectivity index (χ4n) is 7.27. The molecule has 0 aliphatic heterocycles. The van der Waals surface area contributed by atoms with Crippen molar-refractivity contribution >= 4 is 31.9 Å². The van der Waals surface area contributed by atoms with E-state index in [1.807, 2.05) is 0 Å². The Kier molecular flexibility index (Phi) is 14.4. The molecule has 2 unspecified atom stereocenters. The topological polar surface area (TPSA) is 12.8 Å². The third-order valence-electron chi connectivity index (χ3n) is 8.74. The number of hydrogen-bond acceptors (Lipinski definition) is 0. The van der Waals surface area contributed by atoms with Gasteiger partial charge in [0.25, 0.3) is 0 Å². The van der Waals surface area contributed by atoms with E-state index in [0.717, 1.165) is 0 Å². The second-order valence-electron chi connectivity index (χ2n) is 11.6. The van der Waals surface area contributed by atoms with Crippen LogP contribution in [0.4, 0.5) is 0 Å². The third kappa shape index (κ3) is 10.4. The molecule has 4 fully saturated rings. The fraction of sp³-hybridized carbons (Fsp3) is 0.964. The number of ether oxygens (including phenoxy) is 1. The summed E-state index contributed by atoms with van der Waals surface area (Å²) in [6.07, 6.45) is 29.8. The maximum absolute atomic E-state index is 5.92. The molecule has 0 heterocycles. The molecule has 5 heteroatoms. The normalized spacial score (nSPS) is 29.0. The van der Waals surface area contributed by atoms with Crippen molar-refractivity contribution in [2.45, 2.75) is 165 Å². The molecule has 4 rings (SSSR count). The van der Waals surface area contributed by atoms with Crippen LogP contribution >= 0.6 is 27.3 Å². The van der Waals surface area contributed by atoms with Gasteiger partial charge in [-0.25, -0.2) is 0 Å². The van der Waals surface area contributed by atoms with Crippen molar-refractivity contribution in [3.63, 3.8) is 0 Å². The fourth-order valence-corrected chi connectivity index (χ4v) is 15.1. The summed E-state index contributed by atoms with van der Waals surface area (Å²) in [5.41, 5.74) is 3.68. The molecular weight excluding hydrogens is 555 g/mol. The van der Waals surface area contributed by atoms with E-state index in [9.17, 15) is 0 Å². The third-order valence-corrected chi connectivity index (χ3v) is 15.5. The first-order valence-corrected chi connectivity index (χ1v) is 21.7. The van der Waals surface area contributed by atoms with E-state index in [4.69, 9.17) is 24.1 Å². The summed E-state index contributed by atoms with van der Waals surface area (Å²) in [6.45, 7) is 4.28. The number of rotatable bonds is 6. The maximum atomic E-state index is 5.92. The molecule has 0 amide bonds. The summed E-state index contributed by atoms with van der Waals surface area (Å²) in [5.74, 6) is 0.556. The Morgan fingerprint density at radius 1 is 0.636 bits per heavy atom. The van der Waals surface area contributed by atoms with E-state index in [-0.39, 0.29) is 7.92 Å². The number of halogens is 2. The van der Waals surface area contributed by atoms with Crippen molar-refractivity contribution in [3.8, 4) is 0 Å². The molecule has 4 saturated carbocycles. The zero-order valence-electron chi connectivity index (χ0n) is 21.5. The van der Waals surface area contributed by atoms with Gasteiger partial charge < -0.3 is 0 Å². The molecule has 4 aliphatic carbocycles. The predicted molar refractivity (Wildman–Crippen MR) is 150 cm³/mol. The molecule has 1 N–H and O–H groups in total. The van der Waals surface area contributed by atoms with Crippen molar-refractivity contribution in [2.24, 2.45) is 5.92 Å². The molecule has 0 aromatic carbocycles. The first-order valence-electron chi connectivity index (χ1n) is 14.4. The molecule has 4 aliphatic rings. The van der Waals surface area contributed by atoms with Gasteiger partial charge in [0, 0.05) is 7.92 Å². The average molecular weight is 609 g/mol. The minimum absolute atomic E-state index is 0.0465. The van der Waals surface area contributed by atoms with Crippen LogP contribution in [0.15, 0.2) is 0 Å². The Morgan fingerprint density at radius 2 is 1.03 bits per heavy atom. The van der Waals surface area contributed by atoms with Crippen LogP contribution in [0.2, 0.25) is 0 Å². The summed E-state index contributed by atoms with van der Waals surface area (Å²) < 4.78 is 6.93. The number of aliphatic hydroxyl groups is 2. The first kappa shape index (κ1) is 29.0. The van der Waals surface area contributed by atoms with Crippen LogP contribution in [0, 0.1) is 5.92 Å². The van der Waals surface area contributed by atoms with E-state index >= 15 is 0 Å². The molecule has 0 radical (unpaired) electrons. The quantitative estimate of drug-likeness (QED) is 0.162. The molecule has 0 saturated heterocycles. The molecule has 0 aromatic rings. The Balaban J connectivity index is 0.000000196. The van der Waals surface area contributed by atoms with E-state index in [0.29, 0.717) is 18.1 Å². The van der Waals surface area contributed by atoms with E-state index in [2.05, 4.69) is 18.5 Å². The van der Waals surface area contributed by atoms with Crippen LogP contribution in [0.3, 0.4) is 0 Å². The van der Waals surface area contributed by atoms with E-state index in [1.54, 1.807) is 96.3 Å². The van der Waals surface area contributed by atoms with Crippen LogP contribution in [-0.4, -0.2) is 38.5 Å². The van der Waals surface area contributed by atoms with Gasteiger partial charge in [0.2, 0.25) is 0 Å². The minimum atomic E-state index is -1.61. The van der Waals surface area contributed by atoms with Gasteiger partial charge in [0.15, 0.2) is 0 Å². The van der Waals surface area contributed by atoms with Crippen LogP contribution in [0.1, 0.15) is 136 Å². The molecular formula is C28H53Cl2OPRu+2. The standard InChI is InChI=1S/C18H33P.C10H18O.2ClH.Ru/c1-4-10-16(11-5-1)19(17-12-6-2-7-13-17)18-14-8-3-9-15-18;1-8(2)11-10-7-5-4-6-9(10)3;;;/h16-18H,1-15H2;3,8-10H,4-7H2,1-2H3;2*1H;/q;;;;+2. The number of hydrogen-bond donors (Lipinski definition) is 0. The van der Waals surface area contributed by atoms with Gasteiger partial charge in [-0.3, -0.25) is 0 Å². The molecule has 196 valence electrons. The SMILES string of the molecule is C1CCC([PH+](C2CCCCC2)C2CCCCC2)CC1.CC(C)[OH+]C1CCCCC1[CH]=[Ru]([Cl])[Cl]. The van der Waals surface area contributed by atoms with Crippen molar-refractivity contribution in [1.82, 2.24) is 0 Å². The van der Waals surface area contributed by atoms with E-state index < -0.39 is 13.5 Å². The van der Waals surface area contributed by atoms with Crippen LogP contribution in [0.5, 0.6) is 0 Å². The molecule has 2 atom stereocenters. The Bertz CT molecular complexity index is 507. The molecule has 33 heavy (non-hydrogen) atoms. The van der Waals surface area contributed by atoms with Gasteiger partial charge in [0.1, 0.15) is 0 Å². The summed E-state index contributed by atoms with van der Waals surface area (Å²) in [7, 11) is 11.8. The molecule has 1 nitrogen and oxygen atoms in total. The Morgan fingerprint density at radius 3 is 1.42 bits per heavy atom. The summed E-state index contributed by atoms with van der Waals surface area (Å²) >= 11 is -1.61. The van der Waals surface area contributed by atoms with Gasteiger partial charge in [-0.05, 0) is 77.0 Å². The van der Waals surface area contributed by atoms with Crippen molar-refractivity contribution in [2.75, 3.05) is 0 Å². The van der Waals surface area contributed by atoms with E-state index in [1.165, 1.54) is 42.7 Å². The summed E-state index contributed by atoms with van der Waals surface area (Å²) in [6, 6.07) is 0. The Hall–Kier alpha value is 1.46. The zero-order valence-corrected chi connectivity index (χ0v) is 25.8.